The Morgan fingerprint density at radius 1 is 1.19 bits per heavy atom. The Hall–Kier alpha value is -2.01. The first-order chi connectivity index (χ1) is 12.5. The van der Waals surface area contributed by atoms with Crippen LogP contribution >= 0.6 is 0 Å². The van der Waals surface area contributed by atoms with Gasteiger partial charge >= 0.3 is 0 Å². The van der Waals surface area contributed by atoms with Crippen molar-refractivity contribution in [2.75, 3.05) is 13.7 Å². The summed E-state index contributed by atoms with van der Waals surface area (Å²) >= 11 is 0. The molecule has 0 N–H and O–H groups in total. The molecule has 1 aliphatic heterocycles. The van der Waals surface area contributed by atoms with Crippen LogP contribution in [0.2, 0.25) is 0 Å². The number of ether oxygens (including phenoxy) is 2. The summed E-state index contributed by atoms with van der Waals surface area (Å²) < 4.78 is 17.0. The molecule has 26 heavy (non-hydrogen) atoms. The maximum absolute atomic E-state index is 5.81. The molecule has 5 heteroatoms. The van der Waals surface area contributed by atoms with Crippen molar-refractivity contribution in [3.8, 4) is 11.5 Å². The van der Waals surface area contributed by atoms with Crippen LogP contribution in [0.1, 0.15) is 69.5 Å². The fourth-order valence-electron chi connectivity index (χ4n) is 3.47. The summed E-state index contributed by atoms with van der Waals surface area (Å²) in [6.07, 6.45) is 2.41. The van der Waals surface area contributed by atoms with Crippen LogP contribution in [0.4, 0.5) is 0 Å². The average molecular weight is 358 g/mol. The maximum Gasteiger partial charge on any atom is 0.161 e. The van der Waals surface area contributed by atoms with Crippen molar-refractivity contribution in [2.45, 2.75) is 65.1 Å². The van der Waals surface area contributed by atoms with Crippen LogP contribution in [0.5, 0.6) is 11.5 Å². The number of likely N-dealkylation sites (tertiary alicyclic amines) is 1. The minimum atomic E-state index is 0.124. The molecule has 1 aromatic carbocycles. The van der Waals surface area contributed by atoms with Gasteiger partial charge in [0.25, 0.3) is 0 Å². The zero-order chi connectivity index (χ0) is 18.7. The second-order valence-electron chi connectivity index (χ2n) is 7.59. The topological polar surface area (TPSA) is 47.7 Å². The number of nitrogens with zero attached hydrogens (tertiary/aromatic N) is 2. The molecule has 0 aliphatic carbocycles. The van der Waals surface area contributed by atoms with E-state index in [-0.39, 0.29) is 6.10 Å². The summed E-state index contributed by atoms with van der Waals surface area (Å²) in [7, 11) is 1.69. The molecule has 5 nitrogen and oxygen atoms in total. The van der Waals surface area contributed by atoms with Crippen LogP contribution < -0.4 is 9.47 Å². The van der Waals surface area contributed by atoms with Gasteiger partial charge in [0, 0.05) is 12.6 Å². The van der Waals surface area contributed by atoms with Crippen molar-refractivity contribution in [3.63, 3.8) is 0 Å². The molecule has 0 amide bonds. The lowest BCUT2D eigenvalue weighted by Gasteiger charge is -2.23. The van der Waals surface area contributed by atoms with Gasteiger partial charge in [-0.25, -0.2) is 0 Å². The Bertz CT molecular complexity index is 724. The van der Waals surface area contributed by atoms with Crippen LogP contribution in [0.3, 0.4) is 0 Å². The van der Waals surface area contributed by atoms with E-state index in [1.807, 2.05) is 19.9 Å². The predicted octanol–water partition coefficient (Wildman–Crippen LogP) is 4.93. The zero-order valence-electron chi connectivity index (χ0n) is 16.5. The van der Waals surface area contributed by atoms with E-state index in [1.54, 1.807) is 7.11 Å². The fraction of sp³-hybridized carbons (Fsp3) is 0.571. The van der Waals surface area contributed by atoms with Gasteiger partial charge in [0.1, 0.15) is 0 Å². The third-order valence-corrected chi connectivity index (χ3v) is 4.81. The number of aromatic nitrogens is 1. The van der Waals surface area contributed by atoms with Gasteiger partial charge in [0.2, 0.25) is 0 Å². The molecule has 1 atom stereocenters. The van der Waals surface area contributed by atoms with Crippen LogP contribution in [0.25, 0.3) is 0 Å². The normalized spacial score (nSPS) is 18.0. The van der Waals surface area contributed by atoms with Gasteiger partial charge in [-0.3, -0.25) is 4.90 Å². The second kappa shape index (κ2) is 8.12. The van der Waals surface area contributed by atoms with Gasteiger partial charge < -0.3 is 14.0 Å². The first kappa shape index (κ1) is 18.8. The number of methoxy groups -OCH3 is 1. The first-order valence-corrected chi connectivity index (χ1v) is 9.52. The van der Waals surface area contributed by atoms with Crippen molar-refractivity contribution in [1.82, 2.24) is 10.1 Å². The number of benzene rings is 1. The molecular formula is C21H30N2O3. The Balaban J connectivity index is 1.74. The molecule has 0 bridgehead atoms. The highest BCUT2D eigenvalue weighted by atomic mass is 16.5. The quantitative estimate of drug-likeness (QED) is 0.702. The van der Waals surface area contributed by atoms with Crippen molar-refractivity contribution in [3.05, 3.63) is 41.3 Å². The molecule has 1 aliphatic rings. The summed E-state index contributed by atoms with van der Waals surface area (Å²) in [6.45, 7) is 10.2. The maximum atomic E-state index is 5.81. The minimum Gasteiger partial charge on any atom is -0.493 e. The van der Waals surface area contributed by atoms with Gasteiger partial charge in [-0.1, -0.05) is 25.1 Å². The molecule has 1 saturated heterocycles. The summed E-state index contributed by atoms with van der Waals surface area (Å²) in [5.74, 6) is 2.95. The number of hydrogen-bond acceptors (Lipinski definition) is 5. The molecule has 0 radical (unpaired) electrons. The fourth-order valence-corrected chi connectivity index (χ4v) is 3.47. The minimum absolute atomic E-state index is 0.124. The van der Waals surface area contributed by atoms with E-state index in [0.29, 0.717) is 12.0 Å². The van der Waals surface area contributed by atoms with E-state index in [4.69, 9.17) is 14.0 Å². The molecule has 2 aromatic rings. The van der Waals surface area contributed by atoms with Crippen molar-refractivity contribution in [1.29, 1.82) is 0 Å². The lowest BCUT2D eigenvalue weighted by atomic mass is 10.1. The molecule has 2 heterocycles. The highest BCUT2D eigenvalue weighted by molar-refractivity contribution is 5.43. The van der Waals surface area contributed by atoms with Crippen LogP contribution in [0.15, 0.2) is 28.8 Å². The van der Waals surface area contributed by atoms with Crippen molar-refractivity contribution >= 4 is 0 Å². The van der Waals surface area contributed by atoms with E-state index >= 15 is 0 Å². The molecule has 0 unspecified atom stereocenters. The molecule has 142 valence electrons. The second-order valence-corrected chi connectivity index (χ2v) is 7.59. The van der Waals surface area contributed by atoms with E-state index < -0.39 is 0 Å². The zero-order valence-corrected chi connectivity index (χ0v) is 16.5. The Morgan fingerprint density at radius 3 is 2.65 bits per heavy atom. The van der Waals surface area contributed by atoms with Crippen LogP contribution in [0, 0.1) is 0 Å². The average Bonchev–Trinajstić information content (AvgIpc) is 3.24. The Kier molecular flexibility index (Phi) is 5.87. The predicted molar refractivity (Wildman–Crippen MR) is 102 cm³/mol. The van der Waals surface area contributed by atoms with E-state index in [2.05, 4.69) is 42.1 Å². The Morgan fingerprint density at radius 2 is 2.00 bits per heavy atom. The van der Waals surface area contributed by atoms with Gasteiger partial charge in [0.05, 0.1) is 24.9 Å². The highest BCUT2D eigenvalue weighted by Gasteiger charge is 2.29. The molecule has 0 saturated carbocycles. The number of rotatable bonds is 7. The lowest BCUT2D eigenvalue weighted by molar-refractivity contribution is 0.205. The van der Waals surface area contributed by atoms with Crippen LogP contribution in [-0.2, 0) is 6.54 Å². The Labute approximate surface area is 156 Å². The van der Waals surface area contributed by atoms with E-state index in [0.717, 1.165) is 42.5 Å². The van der Waals surface area contributed by atoms with Crippen molar-refractivity contribution < 1.29 is 14.0 Å². The third kappa shape index (κ3) is 4.21. The van der Waals surface area contributed by atoms with Gasteiger partial charge in [0.15, 0.2) is 17.3 Å². The molecule has 0 spiro atoms. The lowest BCUT2D eigenvalue weighted by Crippen LogP contribution is -2.22. The summed E-state index contributed by atoms with van der Waals surface area (Å²) in [5, 5.41) is 4.23. The highest BCUT2D eigenvalue weighted by Crippen LogP contribution is 2.36. The van der Waals surface area contributed by atoms with E-state index in [9.17, 15) is 0 Å². The van der Waals surface area contributed by atoms with Crippen LogP contribution in [-0.4, -0.2) is 29.8 Å². The summed E-state index contributed by atoms with van der Waals surface area (Å²) in [5.41, 5.74) is 2.25. The van der Waals surface area contributed by atoms with Gasteiger partial charge in [-0.2, -0.15) is 0 Å². The monoisotopic (exact) mass is 358 g/mol. The third-order valence-electron chi connectivity index (χ3n) is 4.81. The van der Waals surface area contributed by atoms with Gasteiger partial charge in [-0.15, -0.1) is 0 Å². The largest absolute Gasteiger partial charge is 0.493 e. The first-order valence-electron chi connectivity index (χ1n) is 9.52. The standard InChI is InChI=1S/C21H30N2O3/c1-14(2)17-12-20(26-22-17)18-7-6-10-23(18)13-16-8-9-19(25-15(3)4)21(11-16)24-5/h8-9,11-12,14-15,18H,6-7,10,13H2,1-5H3/t18-/m1/s1. The van der Waals surface area contributed by atoms with Crippen molar-refractivity contribution in [2.24, 2.45) is 0 Å². The van der Waals surface area contributed by atoms with E-state index in [1.165, 1.54) is 12.0 Å². The van der Waals surface area contributed by atoms with Gasteiger partial charge in [-0.05, 0) is 56.8 Å². The SMILES string of the molecule is COc1cc(CN2CCC[C@@H]2c2cc(C(C)C)no2)ccc1OC(C)C. The molecule has 3 rings (SSSR count). The summed E-state index contributed by atoms with van der Waals surface area (Å²) in [6, 6.07) is 8.62. The molecule has 1 aromatic heterocycles. The summed E-state index contributed by atoms with van der Waals surface area (Å²) in [4.78, 5) is 2.46. The smallest absolute Gasteiger partial charge is 0.161 e. The molecular weight excluding hydrogens is 328 g/mol. The molecule has 1 fully saturated rings. The number of hydrogen-bond donors (Lipinski definition) is 0.